The zero-order valence-electron chi connectivity index (χ0n) is 28.8. The first-order chi connectivity index (χ1) is 25.9. The van der Waals surface area contributed by atoms with E-state index in [-0.39, 0.29) is 23.8 Å². The highest BCUT2D eigenvalue weighted by molar-refractivity contribution is 5.89. The molecule has 2 aliphatic heterocycles. The van der Waals surface area contributed by atoms with Crippen LogP contribution < -0.4 is 20.9 Å². The predicted octanol–water partition coefficient (Wildman–Crippen LogP) is 2.86. The number of aliphatic hydroxyl groups excluding tert-OH is 2. The molecule has 0 unspecified atom stereocenters. The van der Waals surface area contributed by atoms with Gasteiger partial charge in [-0.3, -0.25) is 9.55 Å². The number of fused-ring (bicyclic) bond motifs is 1. The Hall–Kier alpha value is -6.04. The number of imidazole rings is 1. The van der Waals surface area contributed by atoms with E-state index in [2.05, 4.69) is 65.6 Å². The Bertz CT molecular complexity index is 2110. The van der Waals surface area contributed by atoms with Crippen LogP contribution in [0.25, 0.3) is 11.2 Å². The Morgan fingerprint density at radius 3 is 2.47 bits per heavy atom. The van der Waals surface area contributed by atoms with E-state index < -0.39 is 24.5 Å². The highest BCUT2D eigenvalue weighted by Crippen LogP contribution is 2.39. The van der Waals surface area contributed by atoms with Gasteiger partial charge < -0.3 is 35.8 Å². The minimum atomic E-state index is -1.35. The van der Waals surface area contributed by atoms with E-state index in [0.29, 0.717) is 61.2 Å². The van der Waals surface area contributed by atoms with Gasteiger partial charge in [-0.2, -0.15) is 14.8 Å². The van der Waals surface area contributed by atoms with E-state index >= 15 is 0 Å². The van der Waals surface area contributed by atoms with Crippen molar-refractivity contribution < 1.29 is 19.7 Å². The second kappa shape index (κ2) is 14.9. The van der Waals surface area contributed by atoms with Crippen molar-refractivity contribution in [1.29, 1.82) is 0 Å². The number of carbonyl (C=O) groups excluding carboxylic acids is 1. The van der Waals surface area contributed by atoms with Gasteiger partial charge in [0.2, 0.25) is 11.8 Å². The third kappa shape index (κ3) is 7.09. The SMILES string of the molecule is CCn1nnc([C@H]2O[C@@H](n3cnc4c(NCC(c5ccccc5)c5ccccc5)nc(N5CC[C@@H](NC(=O)Nc6cccnc6)C5)nc43)[C@@H](O)[C@@H]2O)n1. The van der Waals surface area contributed by atoms with Crippen LogP contribution in [0.1, 0.15) is 48.5 Å². The van der Waals surface area contributed by atoms with Gasteiger partial charge in [0.05, 0.1) is 24.8 Å². The number of benzene rings is 2. The third-order valence-electron chi connectivity index (χ3n) is 9.53. The molecule has 2 saturated heterocycles. The lowest BCUT2D eigenvalue weighted by Crippen LogP contribution is -2.40. The van der Waals surface area contributed by atoms with Crippen LogP contribution in [0, 0.1) is 0 Å². The summed E-state index contributed by atoms with van der Waals surface area (Å²) in [5, 5.41) is 44.0. The molecule has 2 fully saturated rings. The molecule has 2 aliphatic rings. The number of nitrogens with zero attached hydrogens (tertiary/aromatic N) is 10. The highest BCUT2D eigenvalue weighted by Gasteiger charge is 2.47. The number of carbonyl (C=O) groups is 1. The van der Waals surface area contributed by atoms with Gasteiger partial charge in [0.25, 0.3) is 0 Å². The first kappa shape index (κ1) is 34.1. The van der Waals surface area contributed by atoms with Gasteiger partial charge in [0.1, 0.15) is 12.2 Å². The Labute approximate surface area is 304 Å². The zero-order chi connectivity index (χ0) is 36.3. The van der Waals surface area contributed by atoms with Crippen LogP contribution in [0.4, 0.5) is 22.2 Å². The topological polar surface area (TPSA) is 206 Å². The molecule has 6 aromatic rings. The fourth-order valence-electron chi connectivity index (χ4n) is 6.81. The minimum absolute atomic E-state index is 0.00780. The summed E-state index contributed by atoms with van der Waals surface area (Å²) in [5.74, 6) is 1.06. The van der Waals surface area contributed by atoms with Crippen molar-refractivity contribution in [3.05, 3.63) is 108 Å². The van der Waals surface area contributed by atoms with Crippen molar-refractivity contribution in [2.24, 2.45) is 0 Å². The van der Waals surface area contributed by atoms with Crippen LogP contribution in [-0.4, -0.2) is 98.8 Å². The molecule has 4 aromatic heterocycles. The maximum Gasteiger partial charge on any atom is 0.319 e. The largest absolute Gasteiger partial charge is 0.387 e. The molecule has 272 valence electrons. The van der Waals surface area contributed by atoms with E-state index in [4.69, 9.17) is 14.7 Å². The van der Waals surface area contributed by atoms with Gasteiger partial charge in [-0.25, -0.2) is 9.78 Å². The average Bonchev–Trinajstić information content (AvgIpc) is 4.00. The molecule has 0 saturated carbocycles. The number of anilines is 3. The smallest absolute Gasteiger partial charge is 0.319 e. The van der Waals surface area contributed by atoms with Gasteiger partial charge in [-0.1, -0.05) is 60.7 Å². The predicted molar refractivity (Wildman–Crippen MR) is 194 cm³/mol. The molecule has 0 bridgehead atoms. The standard InChI is InChI=1S/C36H39N13O4/c1-2-49-45-32(44-46-49)30-28(50)29(51)34(53-30)48-21-39-27-31(38-19-26(22-10-5-3-6-11-22)23-12-7-4-8-13-23)42-35(43-33(27)48)47-17-15-25(20-47)41-36(52)40-24-14-9-16-37-18-24/h3-14,16,18,21,25-26,28-30,34,50-51H,2,15,17,19-20H2,1H3,(H,38,42,43)(H2,40,41,52)/t25-,28+,29+,30+,34-/m1/s1. The first-order valence-corrected chi connectivity index (χ1v) is 17.5. The van der Waals surface area contributed by atoms with Crippen molar-refractivity contribution in [2.45, 2.75) is 56.4 Å². The Morgan fingerprint density at radius 2 is 1.77 bits per heavy atom. The van der Waals surface area contributed by atoms with Crippen LogP contribution in [0.5, 0.6) is 0 Å². The molecule has 0 spiro atoms. The average molecular weight is 718 g/mol. The summed E-state index contributed by atoms with van der Waals surface area (Å²) in [4.78, 5) is 34.8. The fraction of sp³-hybridized carbons (Fsp3) is 0.333. The van der Waals surface area contributed by atoms with E-state index in [0.717, 1.165) is 11.1 Å². The highest BCUT2D eigenvalue weighted by atomic mass is 16.6. The summed E-state index contributed by atoms with van der Waals surface area (Å²) in [6, 6.07) is 23.5. The van der Waals surface area contributed by atoms with Crippen LogP contribution in [-0.2, 0) is 11.3 Å². The summed E-state index contributed by atoms with van der Waals surface area (Å²) < 4.78 is 7.80. The summed E-state index contributed by atoms with van der Waals surface area (Å²) >= 11 is 0. The van der Waals surface area contributed by atoms with E-state index in [9.17, 15) is 15.0 Å². The summed E-state index contributed by atoms with van der Waals surface area (Å²) in [6.07, 6.45) is 0.658. The normalized spacial score (nSPS) is 21.4. The van der Waals surface area contributed by atoms with Gasteiger partial charge >= 0.3 is 6.03 Å². The molecule has 2 amide bonds. The number of aryl methyl sites for hydroxylation is 1. The van der Waals surface area contributed by atoms with Gasteiger partial charge in [-0.05, 0) is 41.8 Å². The minimum Gasteiger partial charge on any atom is -0.387 e. The van der Waals surface area contributed by atoms with Crippen LogP contribution in [0.2, 0.25) is 0 Å². The Morgan fingerprint density at radius 1 is 1.00 bits per heavy atom. The lowest BCUT2D eigenvalue weighted by molar-refractivity contribution is -0.0384. The molecule has 0 radical (unpaired) electrons. The number of tetrazole rings is 1. The maximum absolute atomic E-state index is 12.8. The van der Waals surface area contributed by atoms with Crippen molar-refractivity contribution in [3.63, 3.8) is 0 Å². The van der Waals surface area contributed by atoms with Crippen molar-refractivity contribution in [3.8, 4) is 0 Å². The molecule has 6 heterocycles. The number of ether oxygens (including phenoxy) is 1. The lowest BCUT2D eigenvalue weighted by atomic mass is 9.91. The van der Waals surface area contributed by atoms with Crippen LogP contribution >= 0.6 is 0 Å². The molecule has 8 rings (SSSR count). The number of pyridine rings is 1. The second-order valence-corrected chi connectivity index (χ2v) is 13.0. The monoisotopic (exact) mass is 717 g/mol. The molecule has 5 atom stereocenters. The van der Waals surface area contributed by atoms with Crippen LogP contribution in [0.3, 0.4) is 0 Å². The lowest BCUT2D eigenvalue weighted by Gasteiger charge is -2.22. The number of aromatic nitrogens is 9. The van der Waals surface area contributed by atoms with Crippen molar-refractivity contribution in [1.82, 2.24) is 50.0 Å². The summed E-state index contributed by atoms with van der Waals surface area (Å²) in [5.41, 5.74) is 3.72. The molecule has 53 heavy (non-hydrogen) atoms. The second-order valence-electron chi connectivity index (χ2n) is 13.0. The molecule has 5 N–H and O–H groups in total. The molecular weight excluding hydrogens is 678 g/mol. The van der Waals surface area contributed by atoms with E-state index in [1.165, 1.54) is 11.1 Å². The number of aliphatic hydroxyl groups is 2. The maximum atomic E-state index is 12.8. The number of amides is 2. The van der Waals surface area contributed by atoms with Crippen LogP contribution in [0.15, 0.2) is 91.5 Å². The Balaban J connectivity index is 1.10. The van der Waals surface area contributed by atoms with Gasteiger partial charge in [0, 0.05) is 37.8 Å². The van der Waals surface area contributed by atoms with Gasteiger partial charge in [-0.15, -0.1) is 10.2 Å². The summed E-state index contributed by atoms with van der Waals surface area (Å²) in [7, 11) is 0. The first-order valence-electron chi connectivity index (χ1n) is 17.5. The number of urea groups is 1. The number of rotatable bonds is 11. The molecule has 17 nitrogen and oxygen atoms in total. The fourth-order valence-corrected chi connectivity index (χ4v) is 6.81. The Kier molecular flexibility index (Phi) is 9.58. The zero-order valence-corrected chi connectivity index (χ0v) is 28.8. The number of nitrogens with one attached hydrogen (secondary N) is 3. The van der Waals surface area contributed by atoms with E-state index in [1.807, 2.05) is 48.2 Å². The molecule has 17 heteroatoms. The summed E-state index contributed by atoms with van der Waals surface area (Å²) in [6.45, 7) is 3.88. The van der Waals surface area contributed by atoms with E-state index in [1.54, 1.807) is 29.1 Å². The quantitative estimate of drug-likeness (QED) is 0.131. The third-order valence-corrected chi connectivity index (χ3v) is 9.53. The van der Waals surface area contributed by atoms with Gasteiger partial charge in [0.15, 0.2) is 29.3 Å². The van der Waals surface area contributed by atoms with Crippen molar-refractivity contribution in [2.75, 3.05) is 35.2 Å². The number of hydrogen-bond donors (Lipinski definition) is 5. The molecule has 2 aromatic carbocycles. The van der Waals surface area contributed by atoms with Crippen molar-refractivity contribution >= 4 is 34.6 Å². The molecular formula is C36H39N13O4. The number of hydrogen-bond acceptors (Lipinski definition) is 13. The molecule has 0 aliphatic carbocycles.